The molecule has 0 bridgehead atoms. The van der Waals surface area contributed by atoms with Gasteiger partial charge in [0.1, 0.15) is 12.3 Å². The minimum atomic E-state index is -0.908. The van der Waals surface area contributed by atoms with Crippen molar-refractivity contribution < 1.29 is 19.1 Å². The van der Waals surface area contributed by atoms with E-state index in [-0.39, 0.29) is 18.2 Å². The molecule has 1 aromatic carbocycles. The minimum absolute atomic E-state index is 0.0420. The van der Waals surface area contributed by atoms with Crippen molar-refractivity contribution in [2.45, 2.75) is 31.7 Å². The Kier molecular flexibility index (Phi) is 4.44. The molecule has 1 aliphatic heterocycles. The Morgan fingerprint density at radius 2 is 2.04 bits per heavy atom. The number of benzene rings is 1. The van der Waals surface area contributed by atoms with Crippen LogP contribution in [0.2, 0.25) is 5.02 Å². The number of oxazole rings is 1. The van der Waals surface area contributed by atoms with Crippen molar-refractivity contribution in [1.82, 2.24) is 9.88 Å². The van der Waals surface area contributed by atoms with Gasteiger partial charge in [0.15, 0.2) is 0 Å². The maximum Gasteiger partial charge on any atom is 0.326 e. The van der Waals surface area contributed by atoms with Crippen LogP contribution in [-0.4, -0.2) is 39.5 Å². The summed E-state index contributed by atoms with van der Waals surface area (Å²) in [6.07, 6.45) is 4.43. The number of hydrogen-bond acceptors (Lipinski definition) is 4. The molecule has 2 aliphatic rings. The largest absolute Gasteiger partial charge is 0.480 e. The second kappa shape index (κ2) is 6.76. The van der Waals surface area contributed by atoms with Crippen LogP contribution < -0.4 is 0 Å². The zero-order chi connectivity index (χ0) is 18.3. The van der Waals surface area contributed by atoms with Crippen LogP contribution in [-0.2, 0) is 16.0 Å². The first-order chi connectivity index (χ1) is 12.5. The molecule has 0 spiro atoms. The van der Waals surface area contributed by atoms with Gasteiger partial charge in [-0.05, 0) is 48.9 Å². The Morgan fingerprint density at radius 1 is 1.27 bits per heavy atom. The van der Waals surface area contributed by atoms with E-state index in [1.165, 1.54) is 11.2 Å². The van der Waals surface area contributed by atoms with Gasteiger partial charge in [-0.15, -0.1) is 0 Å². The molecule has 7 heteroatoms. The number of aromatic nitrogens is 1. The van der Waals surface area contributed by atoms with Crippen molar-refractivity contribution in [3.8, 4) is 11.5 Å². The van der Waals surface area contributed by atoms with Crippen LogP contribution in [0.25, 0.3) is 11.5 Å². The predicted molar refractivity (Wildman–Crippen MR) is 94.6 cm³/mol. The number of nitrogens with zero attached hydrogens (tertiary/aromatic N) is 2. The third-order valence-electron chi connectivity index (χ3n) is 5.44. The summed E-state index contributed by atoms with van der Waals surface area (Å²) in [5.41, 5.74) is 1.27. The number of hydrogen-bond donors (Lipinski definition) is 1. The summed E-state index contributed by atoms with van der Waals surface area (Å²) in [4.78, 5) is 30.3. The normalized spacial score (nSPS) is 24.7. The first-order valence-corrected chi connectivity index (χ1v) is 9.13. The van der Waals surface area contributed by atoms with Crippen molar-refractivity contribution in [3.63, 3.8) is 0 Å². The van der Waals surface area contributed by atoms with Gasteiger partial charge in [-0.2, -0.15) is 0 Å². The molecule has 1 saturated heterocycles. The maximum atomic E-state index is 12.7. The number of carboxylic acid groups (broad SMARTS) is 1. The van der Waals surface area contributed by atoms with E-state index >= 15 is 0 Å². The first kappa shape index (κ1) is 17.1. The summed E-state index contributed by atoms with van der Waals surface area (Å²) < 4.78 is 5.46. The Labute approximate surface area is 155 Å². The molecule has 0 radical (unpaired) electrons. The highest BCUT2D eigenvalue weighted by Crippen LogP contribution is 2.42. The molecular weight excluding hydrogens is 356 g/mol. The standard InChI is InChI=1S/C19H19ClN2O4/c20-13-6-4-11(5-7-13)18-21-14(10-26-18)8-16(23)22-9-12-2-1-3-15(12)17(22)19(24)25/h4-7,10,12,15,17H,1-3,8-9H2,(H,24,25). The molecule has 1 aliphatic carbocycles. The highest BCUT2D eigenvalue weighted by Gasteiger charge is 2.49. The van der Waals surface area contributed by atoms with Crippen molar-refractivity contribution in [1.29, 1.82) is 0 Å². The summed E-state index contributed by atoms with van der Waals surface area (Å²) in [5, 5.41) is 10.2. The van der Waals surface area contributed by atoms with E-state index in [0.29, 0.717) is 29.1 Å². The third-order valence-corrected chi connectivity index (χ3v) is 5.69. The van der Waals surface area contributed by atoms with Crippen molar-refractivity contribution >= 4 is 23.5 Å². The third kappa shape index (κ3) is 3.09. The molecule has 136 valence electrons. The summed E-state index contributed by atoms with van der Waals surface area (Å²) in [6.45, 7) is 0.530. The second-order valence-corrected chi connectivity index (χ2v) is 7.45. The lowest BCUT2D eigenvalue weighted by Crippen LogP contribution is -2.44. The second-order valence-electron chi connectivity index (χ2n) is 7.01. The number of aliphatic carboxylic acids is 1. The lowest BCUT2D eigenvalue weighted by molar-refractivity contribution is -0.149. The first-order valence-electron chi connectivity index (χ1n) is 8.75. The van der Waals surface area contributed by atoms with E-state index in [0.717, 1.165) is 24.8 Å². The molecule has 3 unspecified atom stereocenters. The lowest BCUT2D eigenvalue weighted by atomic mass is 9.94. The molecule has 1 N–H and O–H groups in total. The molecule has 2 aromatic rings. The van der Waals surface area contributed by atoms with E-state index in [1.807, 2.05) is 0 Å². The van der Waals surface area contributed by atoms with Gasteiger partial charge in [-0.1, -0.05) is 18.0 Å². The molecule has 1 amide bonds. The van der Waals surface area contributed by atoms with Gasteiger partial charge >= 0.3 is 5.97 Å². The zero-order valence-corrected chi connectivity index (χ0v) is 14.9. The molecule has 2 heterocycles. The number of carbonyl (C=O) groups is 2. The Balaban J connectivity index is 1.48. The molecule has 2 fully saturated rings. The average Bonchev–Trinajstić information content (AvgIpc) is 3.29. The fraction of sp³-hybridized carbons (Fsp3) is 0.421. The van der Waals surface area contributed by atoms with Gasteiger partial charge in [0, 0.05) is 17.1 Å². The number of rotatable bonds is 4. The molecule has 6 nitrogen and oxygen atoms in total. The summed E-state index contributed by atoms with van der Waals surface area (Å²) in [6, 6.07) is 6.36. The van der Waals surface area contributed by atoms with Gasteiger partial charge in [-0.25, -0.2) is 9.78 Å². The van der Waals surface area contributed by atoms with Gasteiger partial charge in [-0.3, -0.25) is 4.79 Å². The highest BCUT2D eigenvalue weighted by molar-refractivity contribution is 6.30. The minimum Gasteiger partial charge on any atom is -0.480 e. The lowest BCUT2D eigenvalue weighted by Gasteiger charge is -2.24. The van der Waals surface area contributed by atoms with E-state index in [4.69, 9.17) is 16.0 Å². The Bertz CT molecular complexity index is 832. The van der Waals surface area contributed by atoms with E-state index in [1.54, 1.807) is 24.3 Å². The predicted octanol–water partition coefficient (Wildman–Crippen LogP) is 3.25. The molecule has 4 rings (SSSR count). The zero-order valence-electron chi connectivity index (χ0n) is 14.1. The molecular formula is C19H19ClN2O4. The van der Waals surface area contributed by atoms with Crippen LogP contribution in [0.4, 0.5) is 0 Å². The summed E-state index contributed by atoms with van der Waals surface area (Å²) >= 11 is 5.88. The van der Waals surface area contributed by atoms with E-state index < -0.39 is 12.0 Å². The van der Waals surface area contributed by atoms with Gasteiger partial charge in [0.2, 0.25) is 11.8 Å². The summed E-state index contributed by atoms with van der Waals surface area (Å²) in [7, 11) is 0. The van der Waals surface area contributed by atoms with Gasteiger partial charge in [0.05, 0.1) is 12.1 Å². The van der Waals surface area contributed by atoms with Crippen molar-refractivity contribution in [2.24, 2.45) is 11.8 Å². The maximum absolute atomic E-state index is 12.7. The molecule has 3 atom stereocenters. The van der Waals surface area contributed by atoms with Crippen LogP contribution in [0.15, 0.2) is 34.9 Å². The number of halogens is 1. The number of carbonyl (C=O) groups excluding carboxylic acids is 1. The molecule has 1 saturated carbocycles. The van der Waals surface area contributed by atoms with E-state index in [2.05, 4.69) is 4.98 Å². The van der Waals surface area contributed by atoms with Crippen LogP contribution in [0.1, 0.15) is 25.0 Å². The van der Waals surface area contributed by atoms with Gasteiger partial charge < -0.3 is 14.4 Å². The van der Waals surface area contributed by atoms with Crippen molar-refractivity contribution in [3.05, 3.63) is 41.2 Å². The van der Waals surface area contributed by atoms with Crippen LogP contribution in [0.3, 0.4) is 0 Å². The smallest absolute Gasteiger partial charge is 0.326 e. The van der Waals surface area contributed by atoms with Crippen LogP contribution in [0, 0.1) is 11.8 Å². The Morgan fingerprint density at radius 3 is 2.77 bits per heavy atom. The molecule has 26 heavy (non-hydrogen) atoms. The fourth-order valence-corrected chi connectivity index (χ4v) is 4.37. The number of carboxylic acids is 1. The number of likely N-dealkylation sites (tertiary alicyclic amines) is 1. The quantitative estimate of drug-likeness (QED) is 0.888. The summed E-state index contributed by atoms with van der Waals surface area (Å²) in [5.74, 6) is -0.310. The van der Waals surface area contributed by atoms with E-state index in [9.17, 15) is 14.7 Å². The SMILES string of the molecule is O=C(O)C1C2CCCC2CN1C(=O)Cc1coc(-c2ccc(Cl)cc2)n1. The van der Waals surface area contributed by atoms with Crippen LogP contribution in [0.5, 0.6) is 0 Å². The highest BCUT2D eigenvalue weighted by atomic mass is 35.5. The number of fused-ring (bicyclic) bond motifs is 1. The van der Waals surface area contributed by atoms with Gasteiger partial charge in [0.25, 0.3) is 0 Å². The molecule has 1 aromatic heterocycles. The number of amides is 1. The fourth-order valence-electron chi connectivity index (χ4n) is 4.25. The monoisotopic (exact) mass is 374 g/mol. The topological polar surface area (TPSA) is 83.6 Å². The Hall–Kier alpha value is -2.34. The van der Waals surface area contributed by atoms with Crippen molar-refractivity contribution in [2.75, 3.05) is 6.54 Å². The van der Waals surface area contributed by atoms with Crippen LogP contribution >= 0.6 is 11.6 Å². The average molecular weight is 375 g/mol.